The van der Waals surface area contributed by atoms with Crippen LogP contribution >= 0.6 is 0 Å². The van der Waals surface area contributed by atoms with Gasteiger partial charge in [-0.3, -0.25) is 9.78 Å². The second-order valence-corrected chi connectivity index (χ2v) is 8.96. The molecule has 7 nitrogen and oxygen atoms in total. The fourth-order valence-corrected chi connectivity index (χ4v) is 4.98. The van der Waals surface area contributed by atoms with Gasteiger partial charge >= 0.3 is 0 Å². The molecule has 0 spiro atoms. The van der Waals surface area contributed by atoms with Crippen LogP contribution in [0.2, 0.25) is 0 Å². The molecule has 2 aromatic heterocycles. The van der Waals surface area contributed by atoms with E-state index < -0.39 is 0 Å². The second-order valence-electron chi connectivity index (χ2n) is 8.96. The Morgan fingerprint density at radius 2 is 2.03 bits per heavy atom. The van der Waals surface area contributed by atoms with E-state index in [-0.39, 0.29) is 5.92 Å². The van der Waals surface area contributed by atoms with E-state index in [4.69, 9.17) is 4.52 Å². The number of nitrogens with zero attached hydrogens (tertiary/aromatic N) is 5. The van der Waals surface area contributed by atoms with Crippen molar-refractivity contribution in [1.29, 1.82) is 0 Å². The minimum atomic E-state index is 0.230. The van der Waals surface area contributed by atoms with Gasteiger partial charge in [-0.25, -0.2) is 4.98 Å². The summed E-state index contributed by atoms with van der Waals surface area (Å²) in [7, 11) is 0. The first-order valence-corrected chi connectivity index (χ1v) is 11.6. The van der Waals surface area contributed by atoms with Crippen molar-refractivity contribution in [1.82, 2.24) is 25.0 Å². The van der Waals surface area contributed by atoms with Gasteiger partial charge in [0, 0.05) is 37.8 Å². The minimum Gasteiger partial charge on any atom is -0.342 e. The molecular weight excluding hydrogens is 378 g/mol. The number of piperidine rings is 1. The molecule has 1 saturated heterocycles. The molecule has 162 valence electrons. The smallest absolute Gasteiger partial charge is 0.227 e. The normalized spacial score (nSPS) is 24.7. The fourth-order valence-electron chi connectivity index (χ4n) is 4.98. The number of aromatic nitrogens is 4. The number of unbranched alkanes of at least 4 members (excludes halogenated alkanes) is 1. The summed E-state index contributed by atoms with van der Waals surface area (Å²) in [6.07, 6.45) is 16.2. The van der Waals surface area contributed by atoms with Gasteiger partial charge in [0.25, 0.3) is 0 Å². The summed E-state index contributed by atoms with van der Waals surface area (Å²) in [6.45, 7) is 3.95. The molecule has 0 aromatic carbocycles. The van der Waals surface area contributed by atoms with E-state index in [0.717, 1.165) is 44.7 Å². The number of carbonyl (C=O) groups is 1. The Morgan fingerprint density at radius 1 is 1.17 bits per heavy atom. The first-order chi connectivity index (χ1) is 14.7. The molecule has 2 fully saturated rings. The molecule has 0 radical (unpaired) electrons. The molecular formula is C23H33N5O2. The molecule has 0 bridgehead atoms. The highest BCUT2D eigenvalue weighted by Crippen LogP contribution is 2.34. The third-order valence-electron chi connectivity index (χ3n) is 6.72. The number of rotatable bonds is 7. The highest BCUT2D eigenvalue weighted by molar-refractivity contribution is 5.79. The molecule has 30 heavy (non-hydrogen) atoms. The van der Waals surface area contributed by atoms with Gasteiger partial charge in [0.05, 0.1) is 6.20 Å². The van der Waals surface area contributed by atoms with Crippen molar-refractivity contribution in [2.45, 2.75) is 71.1 Å². The summed E-state index contributed by atoms with van der Waals surface area (Å²) >= 11 is 0. The molecule has 4 rings (SSSR count). The lowest BCUT2D eigenvalue weighted by Gasteiger charge is -2.36. The highest BCUT2D eigenvalue weighted by atomic mass is 16.5. The third kappa shape index (κ3) is 5.24. The van der Waals surface area contributed by atoms with Gasteiger partial charge < -0.3 is 9.42 Å². The first-order valence-electron chi connectivity index (χ1n) is 11.6. The van der Waals surface area contributed by atoms with E-state index in [9.17, 15) is 4.79 Å². The summed E-state index contributed by atoms with van der Waals surface area (Å²) in [5, 5.41) is 4.04. The number of hydrogen-bond acceptors (Lipinski definition) is 6. The van der Waals surface area contributed by atoms with Gasteiger partial charge in [0.2, 0.25) is 17.6 Å². The van der Waals surface area contributed by atoms with Crippen molar-refractivity contribution in [3.8, 4) is 11.5 Å². The van der Waals surface area contributed by atoms with Crippen molar-refractivity contribution in [3.05, 3.63) is 24.5 Å². The maximum absolute atomic E-state index is 13.1. The average molecular weight is 412 g/mol. The Kier molecular flexibility index (Phi) is 7.07. The lowest BCUT2D eigenvalue weighted by atomic mass is 9.79. The predicted molar refractivity (Wildman–Crippen MR) is 113 cm³/mol. The lowest BCUT2D eigenvalue weighted by molar-refractivity contribution is -0.138. The molecule has 0 N–H and O–H groups in total. The summed E-state index contributed by atoms with van der Waals surface area (Å²) in [4.78, 5) is 28.0. The fraction of sp³-hybridized carbons (Fsp3) is 0.696. The molecule has 1 saturated carbocycles. The van der Waals surface area contributed by atoms with E-state index in [1.807, 2.05) is 0 Å². The summed E-state index contributed by atoms with van der Waals surface area (Å²) in [6, 6.07) is 0. The molecule has 1 atom stereocenters. The molecule has 2 aromatic rings. The topological polar surface area (TPSA) is 85.0 Å². The molecule has 7 heteroatoms. The third-order valence-corrected chi connectivity index (χ3v) is 6.72. The van der Waals surface area contributed by atoms with Gasteiger partial charge in [-0.15, -0.1) is 0 Å². The molecule has 1 unspecified atom stereocenters. The Hall–Kier alpha value is -2.31. The van der Waals surface area contributed by atoms with E-state index in [1.54, 1.807) is 18.6 Å². The number of amides is 1. The molecule has 1 amide bonds. The van der Waals surface area contributed by atoms with E-state index in [1.165, 1.54) is 32.1 Å². The Labute approximate surface area is 178 Å². The maximum atomic E-state index is 13.1. The van der Waals surface area contributed by atoms with Crippen molar-refractivity contribution in [2.24, 2.45) is 17.8 Å². The molecule has 3 heterocycles. The lowest BCUT2D eigenvalue weighted by Crippen LogP contribution is -2.44. The second kappa shape index (κ2) is 10.1. The molecule has 1 aliphatic carbocycles. The SMILES string of the molecule is CCCCC1CCC(C(=O)N2CCCC(Cc3nc(-c4cnccn4)no3)C2)CC1. The van der Waals surface area contributed by atoms with Gasteiger partial charge in [-0.2, -0.15) is 4.98 Å². The van der Waals surface area contributed by atoms with Gasteiger partial charge in [0.15, 0.2) is 0 Å². The summed E-state index contributed by atoms with van der Waals surface area (Å²) in [5.74, 6) is 2.91. The van der Waals surface area contributed by atoms with Crippen LogP contribution in [0.5, 0.6) is 0 Å². The molecule has 1 aliphatic heterocycles. The van der Waals surface area contributed by atoms with Crippen LogP contribution in [0, 0.1) is 17.8 Å². The van der Waals surface area contributed by atoms with Crippen molar-refractivity contribution in [3.63, 3.8) is 0 Å². The van der Waals surface area contributed by atoms with Crippen molar-refractivity contribution < 1.29 is 9.32 Å². The minimum absolute atomic E-state index is 0.230. The zero-order valence-electron chi connectivity index (χ0n) is 18.0. The van der Waals surface area contributed by atoms with Crippen LogP contribution in [0.15, 0.2) is 23.1 Å². The van der Waals surface area contributed by atoms with Crippen LogP contribution < -0.4 is 0 Å². The Balaban J connectivity index is 1.28. The van der Waals surface area contributed by atoms with E-state index in [0.29, 0.717) is 35.7 Å². The molecule has 2 aliphatic rings. The highest BCUT2D eigenvalue weighted by Gasteiger charge is 2.32. The van der Waals surface area contributed by atoms with Crippen molar-refractivity contribution >= 4 is 5.91 Å². The zero-order valence-corrected chi connectivity index (χ0v) is 18.0. The van der Waals surface area contributed by atoms with E-state index >= 15 is 0 Å². The van der Waals surface area contributed by atoms with Crippen LogP contribution in [0.1, 0.15) is 70.6 Å². The van der Waals surface area contributed by atoms with Crippen LogP contribution in [0.25, 0.3) is 11.5 Å². The number of likely N-dealkylation sites (tertiary alicyclic amines) is 1. The Morgan fingerprint density at radius 3 is 2.80 bits per heavy atom. The summed E-state index contributed by atoms with van der Waals surface area (Å²) in [5.41, 5.74) is 0.613. The van der Waals surface area contributed by atoms with Crippen LogP contribution in [-0.4, -0.2) is 44.0 Å². The average Bonchev–Trinajstić information content (AvgIpc) is 3.27. The van der Waals surface area contributed by atoms with Crippen LogP contribution in [0.4, 0.5) is 0 Å². The first kappa shape index (κ1) is 20.9. The van der Waals surface area contributed by atoms with Gasteiger partial charge in [-0.1, -0.05) is 31.3 Å². The van der Waals surface area contributed by atoms with Crippen LogP contribution in [0.3, 0.4) is 0 Å². The number of carbonyl (C=O) groups excluding carboxylic acids is 1. The van der Waals surface area contributed by atoms with E-state index in [2.05, 4.69) is 31.9 Å². The number of hydrogen-bond donors (Lipinski definition) is 0. The van der Waals surface area contributed by atoms with Gasteiger partial charge in [-0.05, 0) is 50.4 Å². The predicted octanol–water partition coefficient (Wildman–Crippen LogP) is 4.30. The maximum Gasteiger partial charge on any atom is 0.227 e. The van der Waals surface area contributed by atoms with Crippen LogP contribution in [-0.2, 0) is 11.2 Å². The monoisotopic (exact) mass is 411 g/mol. The zero-order chi connectivity index (χ0) is 20.8. The van der Waals surface area contributed by atoms with Gasteiger partial charge in [0.1, 0.15) is 5.69 Å². The summed E-state index contributed by atoms with van der Waals surface area (Å²) < 4.78 is 5.45. The standard InChI is InChI=1S/C23H33N5O2/c1-2-3-5-17-7-9-19(10-8-17)23(29)28-13-4-6-18(16-28)14-21-26-22(27-30-21)20-15-24-11-12-25-20/h11-12,15,17-19H,2-10,13-14,16H2,1H3. The van der Waals surface area contributed by atoms with Crippen molar-refractivity contribution in [2.75, 3.05) is 13.1 Å². The largest absolute Gasteiger partial charge is 0.342 e. The Bertz CT molecular complexity index is 801. The quantitative estimate of drug-likeness (QED) is 0.675.